The average molecular weight is 502 g/mol. The van der Waals surface area contributed by atoms with Crippen LogP contribution in [0.4, 0.5) is 16.4 Å². The lowest BCUT2D eigenvalue weighted by molar-refractivity contribution is -0.00853. The van der Waals surface area contributed by atoms with Crippen LogP contribution >= 0.6 is 0 Å². The lowest BCUT2D eigenvalue weighted by Crippen LogP contribution is -2.48. The van der Waals surface area contributed by atoms with E-state index in [2.05, 4.69) is 35.1 Å². The second-order valence-electron chi connectivity index (χ2n) is 9.27. The van der Waals surface area contributed by atoms with Gasteiger partial charge < -0.3 is 24.1 Å². The standard InChI is InChI=1S/C26H27N7O4/c1-16-12-17(13-19-23(16)31-20(30-19)5-11-35-2)36-22-14-21(28-15-29-22)33-9-6-26(7-10-33)18-4-3-8-27-24(18)32-25(34)37-26/h3-4,8,12-15H,5-7,9-11H2,1-2H3,(H,30,31)(H,27,32,34). The first-order valence-electron chi connectivity index (χ1n) is 12.2. The van der Waals surface area contributed by atoms with Gasteiger partial charge in [-0.25, -0.2) is 24.7 Å². The first kappa shape index (κ1) is 23.2. The van der Waals surface area contributed by atoms with E-state index in [0.717, 1.165) is 33.8 Å². The van der Waals surface area contributed by atoms with Crippen molar-refractivity contribution < 1.29 is 19.0 Å². The van der Waals surface area contributed by atoms with Gasteiger partial charge in [-0.15, -0.1) is 0 Å². The number of ether oxygens (including phenoxy) is 3. The summed E-state index contributed by atoms with van der Waals surface area (Å²) in [6, 6.07) is 9.54. The summed E-state index contributed by atoms with van der Waals surface area (Å²) in [5.41, 5.74) is 3.06. The molecule has 190 valence electrons. The van der Waals surface area contributed by atoms with Gasteiger partial charge >= 0.3 is 6.09 Å². The molecule has 2 aliphatic heterocycles. The number of pyridine rings is 1. The molecule has 1 fully saturated rings. The van der Waals surface area contributed by atoms with Crippen LogP contribution < -0.4 is 15.0 Å². The first-order chi connectivity index (χ1) is 18.0. The Bertz CT molecular complexity index is 1460. The van der Waals surface area contributed by atoms with Crippen molar-refractivity contribution in [3.05, 3.63) is 59.8 Å². The first-order valence-corrected chi connectivity index (χ1v) is 12.2. The van der Waals surface area contributed by atoms with Crippen LogP contribution in [0.15, 0.2) is 42.9 Å². The number of hydrogen-bond acceptors (Lipinski definition) is 9. The number of carbonyl (C=O) groups excluding carboxylic acids is 1. The third-order valence-corrected chi connectivity index (χ3v) is 6.89. The van der Waals surface area contributed by atoms with Crippen molar-refractivity contribution in [3.63, 3.8) is 0 Å². The zero-order chi connectivity index (χ0) is 25.4. The van der Waals surface area contributed by atoms with Crippen molar-refractivity contribution in [2.75, 3.05) is 37.0 Å². The van der Waals surface area contributed by atoms with Gasteiger partial charge in [-0.05, 0) is 30.7 Å². The number of carbonyl (C=O) groups is 1. The summed E-state index contributed by atoms with van der Waals surface area (Å²) in [5, 5.41) is 2.70. The minimum Gasteiger partial charge on any atom is -0.439 e. The fourth-order valence-corrected chi connectivity index (χ4v) is 5.06. The Hall–Kier alpha value is -4.25. The highest BCUT2D eigenvalue weighted by Gasteiger charge is 2.45. The molecule has 0 bridgehead atoms. The van der Waals surface area contributed by atoms with Gasteiger partial charge in [0.2, 0.25) is 5.88 Å². The van der Waals surface area contributed by atoms with E-state index < -0.39 is 11.7 Å². The van der Waals surface area contributed by atoms with Gasteiger partial charge in [-0.3, -0.25) is 5.32 Å². The van der Waals surface area contributed by atoms with E-state index in [1.165, 1.54) is 6.33 Å². The van der Waals surface area contributed by atoms with Gasteiger partial charge in [-0.1, -0.05) is 0 Å². The highest BCUT2D eigenvalue weighted by atomic mass is 16.6. The van der Waals surface area contributed by atoms with Gasteiger partial charge in [0, 0.05) is 63.4 Å². The molecule has 11 nitrogen and oxygen atoms in total. The normalized spacial score (nSPS) is 16.4. The van der Waals surface area contributed by atoms with Gasteiger partial charge in [0.25, 0.3) is 0 Å². The molecule has 4 aromatic rings. The number of aryl methyl sites for hydroxylation is 1. The Balaban J connectivity index is 1.18. The third-order valence-electron chi connectivity index (χ3n) is 6.89. The van der Waals surface area contributed by atoms with Crippen molar-refractivity contribution in [2.24, 2.45) is 0 Å². The van der Waals surface area contributed by atoms with Crippen LogP contribution in [0, 0.1) is 6.92 Å². The molecule has 2 N–H and O–H groups in total. The predicted octanol–water partition coefficient (Wildman–Crippen LogP) is 4.10. The maximum Gasteiger partial charge on any atom is 0.413 e. The Morgan fingerprint density at radius 3 is 2.86 bits per heavy atom. The number of nitrogens with zero attached hydrogens (tertiary/aromatic N) is 5. The number of amides is 1. The molecule has 37 heavy (non-hydrogen) atoms. The number of piperidine rings is 1. The van der Waals surface area contributed by atoms with E-state index >= 15 is 0 Å². The summed E-state index contributed by atoms with van der Waals surface area (Å²) in [5.74, 6) is 3.32. The zero-order valence-corrected chi connectivity index (χ0v) is 20.7. The van der Waals surface area contributed by atoms with Crippen LogP contribution in [0.5, 0.6) is 11.6 Å². The Kier molecular flexibility index (Phi) is 5.84. The number of hydrogen-bond donors (Lipinski definition) is 2. The summed E-state index contributed by atoms with van der Waals surface area (Å²) >= 11 is 0. The van der Waals surface area contributed by atoms with Crippen LogP contribution in [-0.2, 0) is 21.5 Å². The van der Waals surface area contributed by atoms with Crippen LogP contribution in [-0.4, -0.2) is 57.8 Å². The molecule has 0 radical (unpaired) electrons. The van der Waals surface area contributed by atoms with Crippen molar-refractivity contribution in [2.45, 2.75) is 31.8 Å². The number of methoxy groups -OCH3 is 1. The summed E-state index contributed by atoms with van der Waals surface area (Å²) in [6.07, 6.45) is 4.67. The second kappa shape index (κ2) is 9.32. The van der Waals surface area contributed by atoms with E-state index in [1.54, 1.807) is 13.3 Å². The number of H-pyrrole nitrogens is 1. The molecular weight excluding hydrogens is 474 g/mol. The molecule has 0 aliphatic carbocycles. The van der Waals surface area contributed by atoms with Crippen molar-refractivity contribution in [3.8, 4) is 11.6 Å². The largest absolute Gasteiger partial charge is 0.439 e. The van der Waals surface area contributed by atoms with E-state index in [1.807, 2.05) is 37.3 Å². The molecular formula is C26H27N7O4. The second-order valence-corrected chi connectivity index (χ2v) is 9.27. The number of aromatic amines is 1. The van der Waals surface area contributed by atoms with E-state index in [9.17, 15) is 4.79 Å². The minimum absolute atomic E-state index is 0.450. The van der Waals surface area contributed by atoms with Crippen LogP contribution in [0.3, 0.4) is 0 Å². The SMILES string of the molecule is COCCc1nc2c(C)cc(Oc3cc(N4CCC5(CC4)OC(=O)Nc4ncccc45)ncn3)cc2[nH]1. The summed E-state index contributed by atoms with van der Waals surface area (Å²) < 4.78 is 17.1. The molecule has 3 aromatic heterocycles. The molecule has 1 saturated heterocycles. The lowest BCUT2D eigenvalue weighted by Gasteiger charge is -2.44. The fraction of sp³-hybridized carbons (Fsp3) is 0.346. The quantitative estimate of drug-likeness (QED) is 0.401. The van der Waals surface area contributed by atoms with Gasteiger partial charge in [-0.2, -0.15) is 0 Å². The van der Waals surface area contributed by atoms with Crippen molar-refractivity contribution in [1.82, 2.24) is 24.9 Å². The number of anilines is 2. The Morgan fingerprint density at radius 2 is 2.03 bits per heavy atom. The number of benzene rings is 1. The predicted molar refractivity (Wildman–Crippen MR) is 136 cm³/mol. The number of aromatic nitrogens is 5. The summed E-state index contributed by atoms with van der Waals surface area (Å²) in [7, 11) is 1.68. The molecule has 1 spiro atoms. The zero-order valence-electron chi connectivity index (χ0n) is 20.7. The molecule has 11 heteroatoms. The highest BCUT2D eigenvalue weighted by molar-refractivity contribution is 5.87. The molecule has 0 saturated carbocycles. The van der Waals surface area contributed by atoms with Crippen LogP contribution in [0.25, 0.3) is 11.0 Å². The summed E-state index contributed by atoms with van der Waals surface area (Å²) in [6.45, 7) is 3.92. The number of nitrogens with one attached hydrogen (secondary N) is 2. The number of fused-ring (bicyclic) bond motifs is 3. The van der Waals surface area contributed by atoms with E-state index in [0.29, 0.717) is 56.4 Å². The number of imidazole rings is 1. The Labute approximate surface area is 213 Å². The maximum atomic E-state index is 12.2. The van der Waals surface area contributed by atoms with Crippen molar-refractivity contribution in [1.29, 1.82) is 0 Å². The van der Waals surface area contributed by atoms with E-state index in [4.69, 9.17) is 14.2 Å². The van der Waals surface area contributed by atoms with Crippen molar-refractivity contribution >= 4 is 28.8 Å². The molecule has 0 unspecified atom stereocenters. The smallest absolute Gasteiger partial charge is 0.413 e. The van der Waals surface area contributed by atoms with Gasteiger partial charge in [0.1, 0.15) is 35.1 Å². The monoisotopic (exact) mass is 501 g/mol. The topological polar surface area (TPSA) is 127 Å². The summed E-state index contributed by atoms with van der Waals surface area (Å²) in [4.78, 5) is 35.4. The van der Waals surface area contributed by atoms with Gasteiger partial charge in [0.05, 0.1) is 17.6 Å². The third kappa shape index (κ3) is 4.42. The molecule has 0 atom stereocenters. The van der Waals surface area contributed by atoms with Crippen LogP contribution in [0.1, 0.15) is 29.8 Å². The lowest BCUT2D eigenvalue weighted by atomic mass is 9.83. The van der Waals surface area contributed by atoms with E-state index in [-0.39, 0.29) is 0 Å². The maximum absolute atomic E-state index is 12.2. The highest BCUT2D eigenvalue weighted by Crippen LogP contribution is 2.43. The molecule has 1 aromatic carbocycles. The molecule has 5 heterocycles. The molecule has 6 rings (SSSR count). The minimum atomic E-state index is -0.687. The fourth-order valence-electron chi connectivity index (χ4n) is 5.06. The molecule has 2 aliphatic rings. The number of rotatable bonds is 6. The molecule has 1 amide bonds. The van der Waals surface area contributed by atoms with Crippen LogP contribution in [0.2, 0.25) is 0 Å². The van der Waals surface area contributed by atoms with Gasteiger partial charge in [0.15, 0.2) is 0 Å². The average Bonchev–Trinajstić information content (AvgIpc) is 3.31. The Morgan fingerprint density at radius 1 is 1.16 bits per heavy atom.